The first-order valence-corrected chi connectivity index (χ1v) is 7.43. The van der Waals surface area contributed by atoms with E-state index in [1.165, 1.54) is 32.1 Å². The Morgan fingerprint density at radius 3 is 2.22 bits per heavy atom. The maximum atomic E-state index is 11.0. The van der Waals surface area contributed by atoms with Crippen molar-refractivity contribution in [3.63, 3.8) is 0 Å². The van der Waals surface area contributed by atoms with Gasteiger partial charge in [0.05, 0.1) is 5.60 Å². The minimum atomic E-state index is -0.700. The number of hydrogen-bond acceptors (Lipinski definition) is 1. The van der Waals surface area contributed by atoms with E-state index in [-0.39, 0.29) is 0 Å². The van der Waals surface area contributed by atoms with E-state index >= 15 is 0 Å². The zero-order valence-corrected chi connectivity index (χ0v) is 11.7. The highest BCUT2D eigenvalue weighted by Gasteiger charge is 2.45. The molecule has 3 aliphatic rings. The molecule has 4 rings (SSSR count). The zero-order chi connectivity index (χ0) is 12.8. The van der Waals surface area contributed by atoms with Crippen LogP contribution in [0.5, 0.6) is 0 Å². The molecule has 0 amide bonds. The van der Waals surface area contributed by atoms with Crippen molar-refractivity contribution in [1.29, 1.82) is 0 Å². The minimum Gasteiger partial charge on any atom is -0.385 e. The average Bonchev–Trinajstić information content (AvgIpc) is 2.40. The predicted molar refractivity (Wildman–Crippen MR) is 74.6 cm³/mol. The summed E-state index contributed by atoms with van der Waals surface area (Å²) in [5.74, 6) is 1.98. The van der Waals surface area contributed by atoms with Crippen LogP contribution in [-0.2, 0) is 5.60 Å². The molecule has 0 aliphatic heterocycles. The van der Waals surface area contributed by atoms with Crippen molar-refractivity contribution in [1.82, 2.24) is 0 Å². The van der Waals surface area contributed by atoms with E-state index in [1.807, 2.05) is 31.2 Å². The van der Waals surface area contributed by atoms with Crippen molar-refractivity contribution in [2.75, 3.05) is 0 Å². The van der Waals surface area contributed by atoms with E-state index in [4.69, 9.17) is 11.6 Å². The molecule has 18 heavy (non-hydrogen) atoms. The largest absolute Gasteiger partial charge is 0.385 e. The molecule has 1 nitrogen and oxygen atoms in total. The van der Waals surface area contributed by atoms with Gasteiger partial charge in [0.15, 0.2) is 0 Å². The second-order valence-corrected chi connectivity index (χ2v) is 6.71. The van der Waals surface area contributed by atoms with Crippen molar-refractivity contribution in [2.45, 2.75) is 44.6 Å². The van der Waals surface area contributed by atoms with Gasteiger partial charge < -0.3 is 5.11 Å². The van der Waals surface area contributed by atoms with Crippen LogP contribution >= 0.6 is 11.6 Å². The molecule has 2 atom stereocenters. The Hall–Kier alpha value is -0.530. The van der Waals surface area contributed by atoms with Crippen LogP contribution in [0.2, 0.25) is 5.02 Å². The Morgan fingerprint density at radius 1 is 1.11 bits per heavy atom. The van der Waals surface area contributed by atoms with Gasteiger partial charge in [0.25, 0.3) is 0 Å². The molecule has 0 unspecified atom stereocenters. The summed E-state index contributed by atoms with van der Waals surface area (Å²) in [5, 5.41) is 11.7. The van der Waals surface area contributed by atoms with Crippen LogP contribution < -0.4 is 0 Å². The van der Waals surface area contributed by atoms with E-state index < -0.39 is 5.60 Å². The molecule has 2 bridgehead atoms. The third-order valence-electron chi connectivity index (χ3n) is 5.20. The molecule has 0 aromatic heterocycles. The molecule has 1 N–H and O–H groups in total. The first kappa shape index (κ1) is 12.5. The van der Waals surface area contributed by atoms with Crippen LogP contribution in [0, 0.1) is 17.8 Å². The lowest BCUT2D eigenvalue weighted by molar-refractivity contribution is -0.0791. The number of benzene rings is 1. The third kappa shape index (κ3) is 2.08. The van der Waals surface area contributed by atoms with Crippen molar-refractivity contribution in [2.24, 2.45) is 17.8 Å². The summed E-state index contributed by atoms with van der Waals surface area (Å²) < 4.78 is 0. The van der Waals surface area contributed by atoms with Crippen LogP contribution in [0.1, 0.15) is 44.6 Å². The van der Waals surface area contributed by atoms with Gasteiger partial charge >= 0.3 is 0 Å². The van der Waals surface area contributed by atoms with Gasteiger partial charge in [0, 0.05) is 5.02 Å². The van der Waals surface area contributed by atoms with Gasteiger partial charge in [0.2, 0.25) is 0 Å². The smallest absolute Gasteiger partial charge is 0.0899 e. The Kier molecular flexibility index (Phi) is 3.15. The highest BCUT2D eigenvalue weighted by molar-refractivity contribution is 6.30. The Labute approximate surface area is 114 Å². The topological polar surface area (TPSA) is 20.2 Å². The predicted octanol–water partition coefficient (Wildman–Crippen LogP) is 4.37. The van der Waals surface area contributed by atoms with E-state index in [1.54, 1.807) is 0 Å². The second-order valence-electron chi connectivity index (χ2n) is 6.28. The summed E-state index contributed by atoms with van der Waals surface area (Å²) in [6.07, 6.45) is 6.55. The van der Waals surface area contributed by atoms with Crippen LogP contribution in [-0.4, -0.2) is 5.11 Å². The maximum Gasteiger partial charge on any atom is 0.0899 e. The average molecular weight is 265 g/mol. The molecule has 1 aromatic carbocycles. The van der Waals surface area contributed by atoms with E-state index in [9.17, 15) is 5.11 Å². The highest BCUT2D eigenvalue weighted by atomic mass is 35.5. The van der Waals surface area contributed by atoms with E-state index in [0.717, 1.165) is 16.5 Å². The highest BCUT2D eigenvalue weighted by Crippen LogP contribution is 2.51. The zero-order valence-electron chi connectivity index (χ0n) is 10.9. The van der Waals surface area contributed by atoms with Gasteiger partial charge in [-0.1, -0.05) is 36.6 Å². The Balaban J connectivity index is 1.87. The van der Waals surface area contributed by atoms with Crippen LogP contribution in [0.15, 0.2) is 24.3 Å². The third-order valence-corrected chi connectivity index (χ3v) is 5.45. The van der Waals surface area contributed by atoms with Crippen molar-refractivity contribution in [3.8, 4) is 0 Å². The van der Waals surface area contributed by atoms with E-state index in [2.05, 4.69) is 0 Å². The van der Waals surface area contributed by atoms with Gasteiger partial charge in [-0.3, -0.25) is 0 Å². The SMILES string of the molecule is C[C@@](O)(c1ccc(Cl)cc1)[C@@H]1CC2CCC1CC2. The number of rotatable bonds is 2. The lowest BCUT2D eigenvalue weighted by Crippen LogP contribution is -2.43. The van der Waals surface area contributed by atoms with E-state index in [0.29, 0.717) is 11.8 Å². The first-order chi connectivity index (χ1) is 8.57. The number of halogens is 1. The fourth-order valence-corrected chi connectivity index (χ4v) is 4.19. The lowest BCUT2D eigenvalue weighted by atomic mass is 9.59. The van der Waals surface area contributed by atoms with Crippen molar-refractivity contribution >= 4 is 11.6 Å². The molecule has 1 aromatic rings. The minimum absolute atomic E-state index is 0.422. The molecule has 98 valence electrons. The van der Waals surface area contributed by atoms with Crippen LogP contribution in [0.4, 0.5) is 0 Å². The van der Waals surface area contributed by atoms with Crippen LogP contribution in [0.25, 0.3) is 0 Å². The van der Waals surface area contributed by atoms with Gasteiger partial charge in [0.1, 0.15) is 0 Å². The molecule has 0 spiro atoms. The Morgan fingerprint density at radius 2 is 1.72 bits per heavy atom. The molecule has 2 heteroatoms. The summed E-state index contributed by atoms with van der Waals surface area (Å²) in [4.78, 5) is 0. The molecule has 0 saturated heterocycles. The summed E-state index contributed by atoms with van der Waals surface area (Å²) in [7, 11) is 0. The van der Waals surface area contributed by atoms with Crippen LogP contribution in [0.3, 0.4) is 0 Å². The molecule has 3 fully saturated rings. The van der Waals surface area contributed by atoms with Crippen molar-refractivity contribution in [3.05, 3.63) is 34.9 Å². The fourth-order valence-electron chi connectivity index (χ4n) is 4.07. The van der Waals surface area contributed by atoms with Gasteiger partial charge in [-0.25, -0.2) is 0 Å². The van der Waals surface area contributed by atoms with Gasteiger partial charge in [-0.15, -0.1) is 0 Å². The van der Waals surface area contributed by atoms with Crippen molar-refractivity contribution < 1.29 is 5.11 Å². The molecular formula is C16H21ClO. The molecule has 3 saturated carbocycles. The Bertz CT molecular complexity index is 415. The second kappa shape index (κ2) is 4.54. The maximum absolute atomic E-state index is 11.0. The number of aliphatic hydroxyl groups is 1. The molecule has 3 aliphatic carbocycles. The standard InChI is InChI=1S/C16H21ClO/c1-16(18,13-6-8-14(17)9-7-13)15-10-11-2-4-12(15)5-3-11/h6-9,11-12,15,18H,2-5,10H2,1H3/t11?,12?,15-,16-/m1/s1. The summed E-state index contributed by atoms with van der Waals surface area (Å²) in [6, 6.07) is 7.72. The molecule has 0 radical (unpaired) electrons. The molecule has 0 heterocycles. The summed E-state index contributed by atoms with van der Waals surface area (Å²) in [5.41, 5.74) is 0.318. The normalized spacial score (nSPS) is 34.3. The number of hydrogen-bond donors (Lipinski definition) is 1. The quantitative estimate of drug-likeness (QED) is 0.841. The molecular weight excluding hydrogens is 244 g/mol. The van der Waals surface area contributed by atoms with Gasteiger partial charge in [-0.05, 0) is 61.6 Å². The first-order valence-electron chi connectivity index (χ1n) is 7.06. The number of fused-ring (bicyclic) bond motifs is 3. The summed E-state index contributed by atoms with van der Waals surface area (Å²) in [6.45, 7) is 1.99. The summed E-state index contributed by atoms with van der Waals surface area (Å²) >= 11 is 5.93. The van der Waals surface area contributed by atoms with Gasteiger partial charge in [-0.2, -0.15) is 0 Å². The lowest BCUT2D eigenvalue weighted by Gasteiger charge is -2.48. The fraction of sp³-hybridized carbons (Fsp3) is 0.625. The monoisotopic (exact) mass is 264 g/mol.